The van der Waals surface area contributed by atoms with Gasteiger partial charge in [0.15, 0.2) is 5.58 Å². The van der Waals surface area contributed by atoms with Gasteiger partial charge in [0.05, 0.1) is 17.3 Å². The Morgan fingerprint density at radius 1 is 1.00 bits per heavy atom. The average Bonchev–Trinajstić information content (AvgIpc) is 3.52. The number of benzene rings is 2. The number of carbonyl (C=O) groups excluding carboxylic acids is 1. The van der Waals surface area contributed by atoms with Crippen molar-refractivity contribution < 1.29 is 36.8 Å². The Kier molecular flexibility index (Phi) is 6.77. The fourth-order valence-corrected chi connectivity index (χ4v) is 3.00. The van der Waals surface area contributed by atoms with Gasteiger partial charge in [-0.05, 0) is 42.5 Å². The molecule has 0 fully saturated rings. The van der Waals surface area contributed by atoms with Crippen LogP contribution < -0.4 is 5.32 Å². The van der Waals surface area contributed by atoms with Gasteiger partial charge in [0, 0.05) is 17.3 Å². The Balaban J connectivity index is 0.000000384. The molecule has 3 heterocycles. The number of oxazole rings is 1. The molecule has 3 aromatic heterocycles. The number of hydrogen-bond acceptors (Lipinski definition) is 7. The Labute approximate surface area is 200 Å². The van der Waals surface area contributed by atoms with E-state index in [0.29, 0.717) is 39.5 Å². The van der Waals surface area contributed by atoms with Crippen molar-refractivity contribution in [2.75, 3.05) is 5.32 Å². The number of anilines is 1. The number of aliphatic carboxylic acids is 1. The van der Waals surface area contributed by atoms with Gasteiger partial charge in [-0.2, -0.15) is 13.2 Å². The van der Waals surface area contributed by atoms with Crippen molar-refractivity contribution in [1.82, 2.24) is 15.1 Å². The number of hydrogen-bond donors (Lipinski definition) is 2. The van der Waals surface area contributed by atoms with E-state index in [9.17, 15) is 18.0 Å². The number of nitrogens with zero attached hydrogens (tertiary/aromatic N) is 3. The van der Waals surface area contributed by atoms with Crippen LogP contribution in [-0.4, -0.2) is 38.3 Å². The Hall–Kier alpha value is -5.00. The molecule has 0 aliphatic heterocycles. The highest BCUT2D eigenvalue weighted by Gasteiger charge is 2.38. The molecule has 2 N–H and O–H groups in total. The smallest absolute Gasteiger partial charge is 0.475 e. The van der Waals surface area contributed by atoms with Crippen LogP contribution in [0.2, 0.25) is 0 Å². The summed E-state index contributed by atoms with van der Waals surface area (Å²) in [5.41, 5.74) is 3.56. The molecule has 0 aliphatic carbocycles. The van der Waals surface area contributed by atoms with Gasteiger partial charge in [-0.25, -0.2) is 9.78 Å². The lowest BCUT2D eigenvalue weighted by Crippen LogP contribution is -2.21. The summed E-state index contributed by atoms with van der Waals surface area (Å²) in [5, 5.41) is 14.7. The number of rotatable bonds is 4. The van der Waals surface area contributed by atoms with E-state index >= 15 is 0 Å². The molecule has 0 spiro atoms. The fourth-order valence-electron chi connectivity index (χ4n) is 3.00. The van der Waals surface area contributed by atoms with Gasteiger partial charge in [-0.1, -0.05) is 23.4 Å². The molecule has 1 amide bonds. The third-order valence-electron chi connectivity index (χ3n) is 4.66. The van der Waals surface area contributed by atoms with Gasteiger partial charge >= 0.3 is 12.1 Å². The summed E-state index contributed by atoms with van der Waals surface area (Å²) in [6.07, 6.45) is -0.323. The monoisotopic (exact) mass is 496 g/mol. The summed E-state index contributed by atoms with van der Waals surface area (Å²) in [5.74, 6) is -2.52. The van der Waals surface area contributed by atoms with Crippen LogP contribution in [0.25, 0.3) is 33.8 Å². The van der Waals surface area contributed by atoms with Gasteiger partial charge in [-0.3, -0.25) is 9.78 Å². The van der Waals surface area contributed by atoms with Crippen LogP contribution in [0.15, 0.2) is 88.3 Å². The highest BCUT2D eigenvalue weighted by atomic mass is 19.4. The maximum absolute atomic E-state index is 12.6. The maximum Gasteiger partial charge on any atom is 0.490 e. The number of pyridine rings is 1. The van der Waals surface area contributed by atoms with E-state index < -0.39 is 12.1 Å². The zero-order valence-corrected chi connectivity index (χ0v) is 18.1. The number of carboxylic acids is 1. The molecule has 2 aromatic carbocycles. The quantitative estimate of drug-likeness (QED) is 0.337. The largest absolute Gasteiger partial charge is 0.490 e. The molecule has 182 valence electrons. The Morgan fingerprint density at radius 2 is 1.75 bits per heavy atom. The highest BCUT2D eigenvalue weighted by Crippen LogP contribution is 2.30. The van der Waals surface area contributed by atoms with E-state index in [1.807, 2.05) is 30.3 Å². The second-order valence-electron chi connectivity index (χ2n) is 7.14. The van der Waals surface area contributed by atoms with Crippen LogP contribution >= 0.6 is 0 Å². The summed E-state index contributed by atoms with van der Waals surface area (Å²) in [7, 11) is 0. The first-order valence-electron chi connectivity index (χ1n) is 10.1. The number of fused-ring (bicyclic) bond motifs is 1. The Bertz CT molecular complexity index is 1500. The predicted molar refractivity (Wildman–Crippen MR) is 121 cm³/mol. The van der Waals surface area contributed by atoms with Crippen molar-refractivity contribution in [3.63, 3.8) is 0 Å². The standard InChI is InChI=1S/C22H14N4O3.C2HF3O2/c27-21(24-16-7-4-10-23-12-16)15-8-9-19-17(11-15)20(26-29-19)18-13-28-22(25-18)14-5-2-1-3-6-14;3-2(4,5)1(6)7/h1-13H,(H,24,27);(H,6,7). The minimum atomic E-state index is -5.08. The number of carbonyl (C=O) groups is 2. The minimum absolute atomic E-state index is 0.253. The lowest BCUT2D eigenvalue weighted by molar-refractivity contribution is -0.192. The van der Waals surface area contributed by atoms with Gasteiger partial charge in [0.1, 0.15) is 17.7 Å². The molecule has 0 atom stereocenters. The zero-order valence-electron chi connectivity index (χ0n) is 18.1. The van der Waals surface area contributed by atoms with Crippen LogP contribution in [0, 0.1) is 0 Å². The molecule has 0 saturated carbocycles. The topological polar surface area (TPSA) is 131 Å². The Morgan fingerprint density at radius 3 is 2.42 bits per heavy atom. The summed E-state index contributed by atoms with van der Waals surface area (Å²) in [6.45, 7) is 0. The molecule has 0 aliphatic rings. The number of amides is 1. The highest BCUT2D eigenvalue weighted by molar-refractivity contribution is 6.07. The average molecular weight is 496 g/mol. The molecule has 0 saturated heterocycles. The second-order valence-corrected chi connectivity index (χ2v) is 7.14. The fraction of sp³-hybridized carbons (Fsp3) is 0.0417. The first-order valence-corrected chi connectivity index (χ1v) is 10.1. The molecular formula is C24H15F3N4O5. The van der Waals surface area contributed by atoms with E-state index in [-0.39, 0.29) is 5.91 Å². The van der Waals surface area contributed by atoms with Gasteiger partial charge in [0.2, 0.25) is 5.89 Å². The van der Waals surface area contributed by atoms with Gasteiger partial charge < -0.3 is 19.4 Å². The number of aromatic nitrogens is 3. The molecule has 5 rings (SSSR count). The van der Waals surface area contributed by atoms with Crippen molar-refractivity contribution in [2.45, 2.75) is 6.18 Å². The van der Waals surface area contributed by atoms with E-state index in [0.717, 1.165) is 5.56 Å². The zero-order chi connectivity index (χ0) is 25.7. The van der Waals surface area contributed by atoms with Crippen molar-refractivity contribution >= 4 is 28.5 Å². The van der Waals surface area contributed by atoms with Crippen LogP contribution in [0.5, 0.6) is 0 Å². The third-order valence-corrected chi connectivity index (χ3v) is 4.66. The van der Waals surface area contributed by atoms with E-state index in [4.69, 9.17) is 18.8 Å². The van der Waals surface area contributed by atoms with Crippen molar-refractivity contribution in [3.8, 4) is 22.8 Å². The first-order chi connectivity index (χ1) is 17.2. The lowest BCUT2D eigenvalue weighted by atomic mass is 10.1. The van der Waals surface area contributed by atoms with Crippen LogP contribution in [0.4, 0.5) is 18.9 Å². The number of alkyl halides is 3. The lowest BCUT2D eigenvalue weighted by Gasteiger charge is -2.04. The van der Waals surface area contributed by atoms with E-state index in [2.05, 4.69) is 20.4 Å². The number of carboxylic acid groups (broad SMARTS) is 1. The summed E-state index contributed by atoms with van der Waals surface area (Å²) in [6, 6.07) is 18.2. The molecule has 0 radical (unpaired) electrons. The first kappa shape index (κ1) is 24.1. The summed E-state index contributed by atoms with van der Waals surface area (Å²) < 4.78 is 42.7. The minimum Gasteiger partial charge on any atom is -0.475 e. The third kappa shape index (κ3) is 5.55. The molecule has 0 unspecified atom stereocenters. The van der Waals surface area contributed by atoms with Crippen molar-refractivity contribution in [1.29, 1.82) is 0 Å². The van der Waals surface area contributed by atoms with E-state index in [1.165, 1.54) is 6.26 Å². The van der Waals surface area contributed by atoms with Crippen LogP contribution in [0.1, 0.15) is 10.4 Å². The van der Waals surface area contributed by atoms with E-state index in [1.54, 1.807) is 42.7 Å². The second kappa shape index (κ2) is 10.1. The molecule has 0 bridgehead atoms. The molecular weight excluding hydrogens is 481 g/mol. The molecule has 9 nitrogen and oxygen atoms in total. The summed E-state index contributed by atoms with van der Waals surface area (Å²) in [4.78, 5) is 30.0. The van der Waals surface area contributed by atoms with Crippen molar-refractivity contribution in [3.05, 3.63) is 84.9 Å². The number of nitrogens with one attached hydrogen (secondary N) is 1. The SMILES string of the molecule is O=C(Nc1cccnc1)c1ccc2onc(-c3coc(-c4ccccc4)n3)c2c1.O=C(O)C(F)(F)F. The normalized spacial score (nSPS) is 11.0. The number of halogens is 3. The molecule has 12 heteroatoms. The molecule has 5 aromatic rings. The van der Waals surface area contributed by atoms with Crippen molar-refractivity contribution in [2.24, 2.45) is 0 Å². The van der Waals surface area contributed by atoms with Crippen LogP contribution in [-0.2, 0) is 4.79 Å². The van der Waals surface area contributed by atoms with Gasteiger partial charge in [-0.15, -0.1) is 0 Å². The summed E-state index contributed by atoms with van der Waals surface area (Å²) >= 11 is 0. The van der Waals surface area contributed by atoms with Gasteiger partial charge in [0.25, 0.3) is 5.91 Å². The molecule has 36 heavy (non-hydrogen) atoms. The van der Waals surface area contributed by atoms with Crippen LogP contribution in [0.3, 0.4) is 0 Å². The maximum atomic E-state index is 12.6. The predicted octanol–water partition coefficient (Wildman–Crippen LogP) is 5.43.